The fraction of sp³-hybridized carbons (Fsp3) is 0.273. The molecule has 0 aliphatic carbocycles. The predicted molar refractivity (Wildman–Crippen MR) is 122 cm³/mol. The average molecular weight is 440 g/mol. The van der Waals surface area contributed by atoms with Crippen molar-refractivity contribution in [3.63, 3.8) is 0 Å². The molecule has 3 rings (SSSR count). The maximum absolute atomic E-state index is 12.2. The smallest absolute Gasteiger partial charge is 0.250 e. The van der Waals surface area contributed by atoms with E-state index in [0.717, 1.165) is 17.0 Å². The average Bonchev–Trinajstić information content (AvgIpc) is 3.21. The second-order valence-corrected chi connectivity index (χ2v) is 7.56. The number of hydrazone groups is 1. The highest BCUT2D eigenvalue weighted by Crippen LogP contribution is 2.27. The number of aromatic nitrogens is 3. The number of carbonyl (C=O) groups excluding carboxylic acids is 1. The van der Waals surface area contributed by atoms with Gasteiger partial charge in [-0.15, -0.1) is 10.2 Å². The minimum absolute atomic E-state index is 0.176. The van der Waals surface area contributed by atoms with E-state index in [1.165, 1.54) is 17.3 Å². The lowest BCUT2D eigenvalue weighted by atomic mass is 10.1. The lowest BCUT2D eigenvalue weighted by molar-refractivity contribution is -0.118. The molecule has 0 atom stereocenters. The first-order chi connectivity index (χ1) is 15.0. The molecular formula is C22H25N5O3S. The summed E-state index contributed by atoms with van der Waals surface area (Å²) in [5.74, 6) is 1.96. The van der Waals surface area contributed by atoms with Crippen LogP contribution < -0.4 is 14.9 Å². The first-order valence-corrected chi connectivity index (χ1v) is 10.7. The number of methoxy groups -OCH3 is 2. The monoisotopic (exact) mass is 439 g/mol. The number of thioether (sulfide) groups is 1. The molecular weight excluding hydrogens is 414 g/mol. The highest BCUT2D eigenvalue weighted by molar-refractivity contribution is 7.99. The van der Waals surface area contributed by atoms with Crippen LogP contribution in [0.3, 0.4) is 0 Å². The van der Waals surface area contributed by atoms with E-state index in [2.05, 4.69) is 20.7 Å². The third-order valence-electron chi connectivity index (χ3n) is 4.49. The van der Waals surface area contributed by atoms with E-state index < -0.39 is 0 Å². The van der Waals surface area contributed by atoms with E-state index in [9.17, 15) is 4.79 Å². The summed E-state index contributed by atoms with van der Waals surface area (Å²) in [6.45, 7) is 4.78. The second kappa shape index (κ2) is 10.6. The van der Waals surface area contributed by atoms with E-state index >= 15 is 0 Å². The van der Waals surface area contributed by atoms with Gasteiger partial charge in [0.25, 0.3) is 5.91 Å². The maximum Gasteiger partial charge on any atom is 0.250 e. The lowest BCUT2D eigenvalue weighted by Crippen LogP contribution is -2.20. The Morgan fingerprint density at radius 3 is 2.55 bits per heavy atom. The van der Waals surface area contributed by atoms with E-state index in [1.807, 2.05) is 48.7 Å². The van der Waals surface area contributed by atoms with Crippen LogP contribution in [0.1, 0.15) is 18.1 Å². The highest BCUT2D eigenvalue weighted by Gasteiger charge is 2.14. The van der Waals surface area contributed by atoms with Crippen LogP contribution in [-0.4, -0.2) is 46.9 Å². The Hall–Kier alpha value is -3.33. The van der Waals surface area contributed by atoms with Gasteiger partial charge in [-0.25, -0.2) is 5.43 Å². The zero-order valence-electron chi connectivity index (χ0n) is 18.0. The van der Waals surface area contributed by atoms with Crippen LogP contribution in [0.25, 0.3) is 11.4 Å². The van der Waals surface area contributed by atoms with Crippen LogP contribution in [0.15, 0.2) is 52.7 Å². The first-order valence-electron chi connectivity index (χ1n) is 9.72. The molecule has 0 aliphatic rings. The summed E-state index contributed by atoms with van der Waals surface area (Å²) in [5, 5.41) is 13.3. The number of hydrogen-bond donors (Lipinski definition) is 1. The Morgan fingerprint density at radius 2 is 1.87 bits per heavy atom. The molecule has 0 fully saturated rings. The number of amides is 1. The second-order valence-electron chi connectivity index (χ2n) is 6.61. The molecule has 0 unspecified atom stereocenters. The number of rotatable bonds is 9. The Kier molecular flexibility index (Phi) is 7.66. The molecule has 0 spiro atoms. The molecule has 1 heterocycles. The summed E-state index contributed by atoms with van der Waals surface area (Å²) in [4.78, 5) is 12.2. The minimum atomic E-state index is -0.232. The molecule has 2 aromatic carbocycles. The third kappa shape index (κ3) is 5.64. The van der Waals surface area contributed by atoms with Gasteiger partial charge in [-0.05, 0) is 37.6 Å². The van der Waals surface area contributed by atoms with Crippen molar-refractivity contribution in [3.8, 4) is 22.9 Å². The van der Waals surface area contributed by atoms with Crippen molar-refractivity contribution in [2.45, 2.75) is 25.5 Å². The van der Waals surface area contributed by atoms with E-state index in [-0.39, 0.29) is 11.7 Å². The Morgan fingerprint density at radius 1 is 1.13 bits per heavy atom. The molecule has 1 aromatic heterocycles. The number of nitrogens with one attached hydrogen (secondary N) is 1. The minimum Gasteiger partial charge on any atom is -0.493 e. The van der Waals surface area contributed by atoms with E-state index in [4.69, 9.17) is 9.47 Å². The summed E-state index contributed by atoms with van der Waals surface area (Å²) in [6.07, 6.45) is 1.55. The third-order valence-corrected chi connectivity index (χ3v) is 5.45. The van der Waals surface area contributed by atoms with Crippen LogP contribution in [0.5, 0.6) is 11.5 Å². The standard InChI is InChI=1S/C22H25N5O3S/c1-5-27-21(17-9-6-15(2)7-10-17)25-26-22(27)31-14-20(28)24-23-13-16-8-11-18(29-3)19(12-16)30-4/h6-13H,5,14H2,1-4H3,(H,24,28). The molecule has 162 valence electrons. The topological polar surface area (TPSA) is 90.6 Å². The van der Waals surface area contributed by atoms with Gasteiger partial charge in [0.15, 0.2) is 22.5 Å². The van der Waals surface area contributed by atoms with E-state index in [0.29, 0.717) is 23.2 Å². The van der Waals surface area contributed by atoms with Crippen molar-refractivity contribution in [2.75, 3.05) is 20.0 Å². The molecule has 8 nitrogen and oxygen atoms in total. The summed E-state index contributed by atoms with van der Waals surface area (Å²) in [6, 6.07) is 13.5. The normalized spacial score (nSPS) is 11.0. The van der Waals surface area contributed by atoms with Gasteiger partial charge in [-0.2, -0.15) is 5.10 Å². The van der Waals surface area contributed by atoms with E-state index in [1.54, 1.807) is 32.6 Å². The van der Waals surface area contributed by atoms with Crippen molar-refractivity contribution < 1.29 is 14.3 Å². The number of hydrogen-bond acceptors (Lipinski definition) is 7. The maximum atomic E-state index is 12.2. The van der Waals surface area contributed by atoms with Crippen LogP contribution in [0, 0.1) is 6.92 Å². The Balaban J connectivity index is 1.58. The molecule has 3 aromatic rings. The van der Waals surface area contributed by atoms with Crippen LogP contribution in [-0.2, 0) is 11.3 Å². The number of aryl methyl sites for hydroxylation is 1. The fourth-order valence-electron chi connectivity index (χ4n) is 2.87. The summed E-state index contributed by atoms with van der Waals surface area (Å²) in [7, 11) is 3.14. The van der Waals surface area contributed by atoms with Gasteiger partial charge >= 0.3 is 0 Å². The quantitative estimate of drug-likeness (QED) is 0.312. The zero-order valence-corrected chi connectivity index (χ0v) is 18.8. The summed E-state index contributed by atoms with van der Waals surface area (Å²) in [5.41, 5.74) is 5.49. The molecule has 0 bridgehead atoms. The van der Waals surface area contributed by atoms with Gasteiger partial charge in [0.1, 0.15) is 0 Å². The SMILES string of the molecule is CCn1c(SCC(=O)NN=Cc2ccc(OC)c(OC)c2)nnc1-c1ccc(C)cc1. The molecule has 1 N–H and O–H groups in total. The molecule has 0 saturated heterocycles. The molecule has 0 radical (unpaired) electrons. The molecule has 9 heteroatoms. The first kappa shape index (κ1) is 22.4. The number of nitrogens with zero attached hydrogens (tertiary/aromatic N) is 4. The largest absolute Gasteiger partial charge is 0.493 e. The van der Waals surface area contributed by atoms with Gasteiger partial charge in [0.2, 0.25) is 0 Å². The van der Waals surface area contributed by atoms with Gasteiger partial charge in [0.05, 0.1) is 26.2 Å². The van der Waals surface area contributed by atoms with Crippen molar-refractivity contribution >= 4 is 23.9 Å². The van der Waals surface area contributed by atoms with Gasteiger partial charge < -0.3 is 14.0 Å². The highest BCUT2D eigenvalue weighted by atomic mass is 32.2. The van der Waals surface area contributed by atoms with Gasteiger partial charge in [-0.1, -0.05) is 41.6 Å². The number of carbonyl (C=O) groups is 1. The van der Waals surface area contributed by atoms with Crippen LogP contribution in [0.4, 0.5) is 0 Å². The summed E-state index contributed by atoms with van der Waals surface area (Å²) >= 11 is 1.32. The van der Waals surface area contributed by atoms with Gasteiger partial charge in [-0.3, -0.25) is 4.79 Å². The summed E-state index contributed by atoms with van der Waals surface area (Å²) < 4.78 is 12.5. The van der Waals surface area contributed by atoms with Crippen molar-refractivity contribution in [1.29, 1.82) is 0 Å². The fourth-order valence-corrected chi connectivity index (χ4v) is 3.67. The number of ether oxygens (including phenoxy) is 2. The Bertz CT molecular complexity index is 1060. The lowest BCUT2D eigenvalue weighted by Gasteiger charge is -2.08. The molecule has 0 aliphatic heterocycles. The van der Waals surface area contributed by atoms with Crippen molar-refractivity contribution in [1.82, 2.24) is 20.2 Å². The zero-order chi connectivity index (χ0) is 22.2. The van der Waals surface area contributed by atoms with Crippen molar-refractivity contribution in [3.05, 3.63) is 53.6 Å². The molecule has 1 amide bonds. The Labute approximate surface area is 185 Å². The van der Waals surface area contributed by atoms with Crippen LogP contribution in [0.2, 0.25) is 0 Å². The van der Waals surface area contributed by atoms with Gasteiger partial charge in [0, 0.05) is 12.1 Å². The molecule has 31 heavy (non-hydrogen) atoms. The predicted octanol–water partition coefficient (Wildman–Crippen LogP) is 3.53. The van der Waals surface area contributed by atoms with Crippen molar-refractivity contribution in [2.24, 2.45) is 5.10 Å². The number of benzene rings is 2. The van der Waals surface area contributed by atoms with Crippen LogP contribution >= 0.6 is 11.8 Å². The molecule has 0 saturated carbocycles.